The lowest BCUT2D eigenvalue weighted by Gasteiger charge is -2.38. The van der Waals surface area contributed by atoms with Crippen LogP contribution in [0.2, 0.25) is 0 Å². The van der Waals surface area contributed by atoms with Gasteiger partial charge in [-0.15, -0.1) is 0 Å². The predicted octanol–water partition coefficient (Wildman–Crippen LogP) is 4.52. The minimum atomic E-state index is 0.343. The molecule has 21 heavy (non-hydrogen) atoms. The highest BCUT2D eigenvalue weighted by molar-refractivity contribution is 5.67. The predicted molar refractivity (Wildman–Crippen MR) is 85.8 cm³/mol. The van der Waals surface area contributed by atoms with Crippen LogP contribution in [-0.4, -0.2) is 7.11 Å². The largest absolute Gasteiger partial charge is 0.495 e. The third kappa shape index (κ3) is 1.94. The van der Waals surface area contributed by atoms with E-state index in [-0.39, 0.29) is 0 Å². The molecule has 1 heterocycles. The van der Waals surface area contributed by atoms with Gasteiger partial charge in [0.1, 0.15) is 5.75 Å². The molecule has 1 aliphatic heterocycles. The lowest BCUT2D eigenvalue weighted by atomic mass is 9.77. The van der Waals surface area contributed by atoms with E-state index in [1.54, 1.807) is 7.11 Å². The van der Waals surface area contributed by atoms with E-state index in [1.165, 1.54) is 11.1 Å². The van der Waals surface area contributed by atoms with Gasteiger partial charge in [-0.25, -0.2) is 0 Å². The molecule has 2 aromatic carbocycles. The first-order valence-electron chi connectivity index (χ1n) is 7.53. The van der Waals surface area contributed by atoms with Crippen molar-refractivity contribution in [2.45, 2.75) is 18.4 Å². The van der Waals surface area contributed by atoms with Gasteiger partial charge in [0.2, 0.25) is 0 Å². The molecule has 2 nitrogen and oxygen atoms in total. The van der Waals surface area contributed by atoms with Crippen molar-refractivity contribution in [3.63, 3.8) is 0 Å². The molecule has 1 aliphatic carbocycles. The summed E-state index contributed by atoms with van der Waals surface area (Å²) in [6, 6.07) is 17.4. The Morgan fingerprint density at radius 1 is 1.05 bits per heavy atom. The average Bonchev–Trinajstić information content (AvgIpc) is 3.04. The van der Waals surface area contributed by atoms with Crippen LogP contribution in [0.3, 0.4) is 0 Å². The zero-order chi connectivity index (χ0) is 14.2. The number of rotatable bonds is 2. The summed E-state index contributed by atoms with van der Waals surface area (Å²) in [5.74, 6) is 2.01. The molecular weight excluding hydrogens is 258 g/mol. The molecule has 0 aromatic heterocycles. The topological polar surface area (TPSA) is 21.3 Å². The van der Waals surface area contributed by atoms with Crippen molar-refractivity contribution < 1.29 is 4.74 Å². The molecule has 2 aromatic rings. The normalized spacial score (nSPS) is 25.9. The van der Waals surface area contributed by atoms with E-state index in [0.717, 1.165) is 17.9 Å². The van der Waals surface area contributed by atoms with Crippen molar-refractivity contribution in [2.24, 2.45) is 5.92 Å². The van der Waals surface area contributed by atoms with Crippen molar-refractivity contribution in [1.29, 1.82) is 0 Å². The number of fused-ring (bicyclic) bond motifs is 3. The van der Waals surface area contributed by atoms with Gasteiger partial charge >= 0.3 is 0 Å². The average molecular weight is 277 g/mol. The fraction of sp³-hybridized carbons (Fsp3) is 0.263. The Labute approximate surface area is 125 Å². The van der Waals surface area contributed by atoms with E-state index in [9.17, 15) is 0 Å². The van der Waals surface area contributed by atoms with E-state index in [0.29, 0.717) is 17.9 Å². The molecule has 0 radical (unpaired) electrons. The van der Waals surface area contributed by atoms with Gasteiger partial charge in [-0.05, 0) is 29.5 Å². The molecule has 0 fully saturated rings. The van der Waals surface area contributed by atoms with Gasteiger partial charge < -0.3 is 10.1 Å². The van der Waals surface area contributed by atoms with Crippen molar-refractivity contribution >= 4 is 5.69 Å². The smallest absolute Gasteiger partial charge is 0.142 e. The van der Waals surface area contributed by atoms with E-state index in [1.807, 2.05) is 6.07 Å². The van der Waals surface area contributed by atoms with Gasteiger partial charge in [-0.1, -0.05) is 54.6 Å². The van der Waals surface area contributed by atoms with Crippen LogP contribution in [0.1, 0.15) is 29.5 Å². The minimum absolute atomic E-state index is 0.343. The summed E-state index contributed by atoms with van der Waals surface area (Å²) in [6.45, 7) is 0. The quantitative estimate of drug-likeness (QED) is 0.815. The highest BCUT2D eigenvalue weighted by Gasteiger charge is 2.38. The number of ether oxygens (including phenoxy) is 1. The van der Waals surface area contributed by atoms with Crippen molar-refractivity contribution in [2.75, 3.05) is 12.4 Å². The highest BCUT2D eigenvalue weighted by Crippen LogP contribution is 2.51. The van der Waals surface area contributed by atoms with Gasteiger partial charge in [-0.2, -0.15) is 0 Å². The zero-order valence-corrected chi connectivity index (χ0v) is 12.1. The summed E-state index contributed by atoms with van der Waals surface area (Å²) >= 11 is 0. The fourth-order valence-electron chi connectivity index (χ4n) is 3.75. The number of methoxy groups -OCH3 is 1. The maximum Gasteiger partial charge on any atom is 0.142 e. The van der Waals surface area contributed by atoms with Crippen LogP contribution >= 0.6 is 0 Å². The van der Waals surface area contributed by atoms with Crippen LogP contribution in [0.4, 0.5) is 5.69 Å². The molecule has 0 unspecified atom stereocenters. The Morgan fingerprint density at radius 2 is 1.90 bits per heavy atom. The Hall–Kier alpha value is -2.22. The second kappa shape index (κ2) is 4.96. The van der Waals surface area contributed by atoms with E-state index < -0.39 is 0 Å². The minimum Gasteiger partial charge on any atom is -0.495 e. The third-order valence-electron chi connectivity index (χ3n) is 4.74. The van der Waals surface area contributed by atoms with Gasteiger partial charge in [0, 0.05) is 5.92 Å². The molecule has 106 valence electrons. The van der Waals surface area contributed by atoms with Crippen molar-refractivity contribution in [3.05, 3.63) is 71.8 Å². The van der Waals surface area contributed by atoms with Crippen LogP contribution in [0, 0.1) is 5.92 Å². The maximum absolute atomic E-state index is 5.56. The zero-order valence-electron chi connectivity index (χ0n) is 12.1. The van der Waals surface area contributed by atoms with E-state index in [4.69, 9.17) is 4.74 Å². The Balaban J connectivity index is 1.83. The molecule has 0 bridgehead atoms. The van der Waals surface area contributed by atoms with E-state index >= 15 is 0 Å². The Morgan fingerprint density at radius 3 is 2.71 bits per heavy atom. The summed E-state index contributed by atoms with van der Waals surface area (Å²) in [4.78, 5) is 0. The lowest BCUT2D eigenvalue weighted by Crippen LogP contribution is -2.29. The number of benzene rings is 2. The van der Waals surface area contributed by atoms with Crippen LogP contribution in [0.5, 0.6) is 5.75 Å². The van der Waals surface area contributed by atoms with E-state index in [2.05, 4.69) is 59.9 Å². The molecule has 0 spiro atoms. The Kier molecular flexibility index (Phi) is 2.95. The summed E-state index contributed by atoms with van der Waals surface area (Å²) < 4.78 is 5.56. The molecule has 2 heteroatoms. The monoisotopic (exact) mass is 277 g/mol. The SMILES string of the molecule is COc1cccc2c1N[C@@H](c1ccccc1)[C@H]1CC=C[C@H]21. The highest BCUT2D eigenvalue weighted by atomic mass is 16.5. The molecule has 0 saturated carbocycles. The first-order chi connectivity index (χ1) is 10.4. The third-order valence-corrected chi connectivity index (χ3v) is 4.74. The first kappa shape index (κ1) is 12.5. The Bertz CT molecular complexity index is 677. The van der Waals surface area contributed by atoms with Gasteiger partial charge in [0.25, 0.3) is 0 Å². The number of allylic oxidation sites excluding steroid dienone is 2. The molecule has 0 amide bonds. The van der Waals surface area contributed by atoms with Crippen molar-refractivity contribution in [1.82, 2.24) is 0 Å². The fourth-order valence-corrected chi connectivity index (χ4v) is 3.75. The second-order valence-corrected chi connectivity index (χ2v) is 5.81. The molecule has 3 atom stereocenters. The maximum atomic E-state index is 5.56. The molecule has 4 rings (SSSR count). The first-order valence-corrected chi connectivity index (χ1v) is 7.53. The summed E-state index contributed by atoms with van der Waals surface area (Å²) in [6.07, 6.45) is 5.81. The molecule has 0 saturated heterocycles. The summed E-state index contributed by atoms with van der Waals surface area (Å²) in [5.41, 5.74) is 3.87. The number of anilines is 1. The summed E-state index contributed by atoms with van der Waals surface area (Å²) in [5, 5.41) is 3.74. The standard InChI is InChI=1S/C19H19NO/c1-21-17-12-6-11-16-14-9-5-10-15(14)18(20-19(16)17)13-7-3-2-4-8-13/h2-9,11-12,14-15,18,20H,10H2,1H3/t14-,15-,18-/m0/s1. The number of hydrogen-bond donors (Lipinski definition) is 1. The van der Waals surface area contributed by atoms with Crippen LogP contribution in [0.25, 0.3) is 0 Å². The van der Waals surface area contributed by atoms with Crippen molar-refractivity contribution in [3.8, 4) is 5.75 Å². The van der Waals surface area contributed by atoms with Gasteiger partial charge in [0.05, 0.1) is 18.8 Å². The van der Waals surface area contributed by atoms with Crippen LogP contribution in [0.15, 0.2) is 60.7 Å². The number of hydrogen-bond acceptors (Lipinski definition) is 2. The summed E-state index contributed by atoms with van der Waals surface area (Å²) in [7, 11) is 1.74. The van der Waals surface area contributed by atoms with Crippen LogP contribution < -0.4 is 10.1 Å². The number of nitrogens with one attached hydrogen (secondary N) is 1. The van der Waals surface area contributed by atoms with Gasteiger partial charge in [0.15, 0.2) is 0 Å². The molecule has 2 aliphatic rings. The lowest BCUT2D eigenvalue weighted by molar-refractivity contribution is 0.397. The number of para-hydroxylation sites is 1. The molecule has 1 N–H and O–H groups in total. The van der Waals surface area contributed by atoms with Gasteiger partial charge in [-0.3, -0.25) is 0 Å². The van der Waals surface area contributed by atoms with Crippen LogP contribution in [-0.2, 0) is 0 Å². The second-order valence-electron chi connectivity index (χ2n) is 5.81. The molecular formula is C19H19NO.